The van der Waals surface area contributed by atoms with Crippen molar-refractivity contribution in [2.45, 2.75) is 6.92 Å². The minimum Gasteiger partial charge on any atom is -0.465 e. The molecule has 0 unspecified atom stereocenters. The Hall–Kier alpha value is -3.61. The van der Waals surface area contributed by atoms with Crippen LogP contribution in [0.4, 0.5) is 5.69 Å². The second-order valence-corrected chi connectivity index (χ2v) is 5.74. The number of carbonyl (C=O) groups excluding carboxylic acids is 3. The number of carbonyl (C=O) groups is 3. The average Bonchev–Trinajstić information content (AvgIpc) is 3.12. The van der Waals surface area contributed by atoms with Gasteiger partial charge >= 0.3 is 5.97 Å². The number of hydrogen-bond donors (Lipinski definition) is 1. The summed E-state index contributed by atoms with van der Waals surface area (Å²) < 4.78 is 15.2. The number of benzene rings is 2. The standard InChI is InChI=1S/C20H17NO6/c1-12(22)15-9-17-18(27-11-26-17)10-16(15)21-19(23)8-5-13-3-6-14(7-4-13)20(24)25-2/h3-10H,11H2,1-2H3,(H,21,23)/b8-5+. The Balaban J connectivity index is 1.73. The van der Waals surface area contributed by atoms with Crippen molar-refractivity contribution < 1.29 is 28.6 Å². The first kappa shape index (κ1) is 18.2. The van der Waals surface area contributed by atoms with Crippen LogP contribution in [0, 0.1) is 0 Å². The maximum atomic E-state index is 12.2. The molecule has 0 saturated carbocycles. The fourth-order valence-electron chi connectivity index (χ4n) is 2.53. The number of nitrogens with one attached hydrogen (secondary N) is 1. The summed E-state index contributed by atoms with van der Waals surface area (Å²) in [7, 11) is 1.31. The summed E-state index contributed by atoms with van der Waals surface area (Å²) in [6.45, 7) is 1.48. The molecule has 0 fully saturated rings. The number of ketones is 1. The van der Waals surface area contributed by atoms with Gasteiger partial charge in [0.15, 0.2) is 17.3 Å². The third kappa shape index (κ3) is 4.14. The third-order valence-corrected chi connectivity index (χ3v) is 3.91. The molecule has 7 nitrogen and oxygen atoms in total. The van der Waals surface area contributed by atoms with E-state index in [2.05, 4.69) is 10.1 Å². The SMILES string of the molecule is COC(=O)c1ccc(/C=C/C(=O)Nc2cc3c(cc2C(C)=O)OCO3)cc1. The zero-order valence-corrected chi connectivity index (χ0v) is 14.8. The molecule has 1 aliphatic heterocycles. The van der Waals surface area contributed by atoms with E-state index in [0.717, 1.165) is 5.56 Å². The number of Topliss-reactive ketones (excluding diaryl/α,β-unsaturated/α-hetero) is 1. The molecule has 1 N–H and O–H groups in total. The van der Waals surface area contributed by atoms with Gasteiger partial charge in [0.05, 0.1) is 18.4 Å². The van der Waals surface area contributed by atoms with E-state index >= 15 is 0 Å². The highest BCUT2D eigenvalue weighted by molar-refractivity contribution is 6.08. The number of fused-ring (bicyclic) bond motifs is 1. The number of hydrogen-bond acceptors (Lipinski definition) is 6. The van der Waals surface area contributed by atoms with Gasteiger partial charge in [-0.25, -0.2) is 4.79 Å². The number of amides is 1. The van der Waals surface area contributed by atoms with Gasteiger partial charge < -0.3 is 19.5 Å². The number of rotatable bonds is 5. The zero-order valence-electron chi connectivity index (χ0n) is 14.8. The quantitative estimate of drug-likeness (QED) is 0.496. The summed E-state index contributed by atoms with van der Waals surface area (Å²) in [6, 6.07) is 9.71. The molecule has 0 bridgehead atoms. The van der Waals surface area contributed by atoms with Gasteiger partial charge in [-0.05, 0) is 36.8 Å². The molecule has 1 amide bonds. The van der Waals surface area contributed by atoms with Crippen molar-refractivity contribution in [2.24, 2.45) is 0 Å². The topological polar surface area (TPSA) is 90.9 Å². The van der Waals surface area contributed by atoms with E-state index < -0.39 is 11.9 Å². The van der Waals surface area contributed by atoms with Crippen LogP contribution in [0.15, 0.2) is 42.5 Å². The first-order valence-electron chi connectivity index (χ1n) is 8.10. The van der Waals surface area contributed by atoms with Crippen LogP contribution in [0.25, 0.3) is 6.08 Å². The summed E-state index contributed by atoms with van der Waals surface area (Å²) in [5.41, 5.74) is 1.84. The van der Waals surface area contributed by atoms with E-state index in [-0.39, 0.29) is 12.6 Å². The van der Waals surface area contributed by atoms with Crippen molar-refractivity contribution in [1.29, 1.82) is 0 Å². The molecule has 0 spiro atoms. The fraction of sp³-hybridized carbons (Fsp3) is 0.150. The molecule has 0 aromatic heterocycles. The zero-order chi connectivity index (χ0) is 19.4. The van der Waals surface area contributed by atoms with Crippen LogP contribution in [0.1, 0.15) is 33.2 Å². The van der Waals surface area contributed by atoms with Crippen LogP contribution >= 0.6 is 0 Å². The lowest BCUT2D eigenvalue weighted by molar-refractivity contribution is -0.111. The molecule has 27 heavy (non-hydrogen) atoms. The summed E-state index contributed by atoms with van der Waals surface area (Å²) in [4.78, 5) is 35.5. The van der Waals surface area contributed by atoms with E-state index in [1.807, 2.05) is 0 Å². The first-order valence-corrected chi connectivity index (χ1v) is 8.10. The predicted molar refractivity (Wildman–Crippen MR) is 98.0 cm³/mol. The van der Waals surface area contributed by atoms with Crippen molar-refractivity contribution in [3.63, 3.8) is 0 Å². The summed E-state index contributed by atoms with van der Waals surface area (Å²) >= 11 is 0. The summed E-state index contributed by atoms with van der Waals surface area (Å²) in [5, 5.41) is 2.67. The third-order valence-electron chi connectivity index (χ3n) is 3.91. The Morgan fingerprint density at radius 2 is 1.74 bits per heavy atom. The molecule has 138 valence electrons. The normalized spacial score (nSPS) is 12.1. The lowest BCUT2D eigenvalue weighted by Gasteiger charge is -2.09. The molecule has 0 radical (unpaired) electrons. The van der Waals surface area contributed by atoms with Gasteiger partial charge in [-0.1, -0.05) is 12.1 Å². The monoisotopic (exact) mass is 367 g/mol. The van der Waals surface area contributed by atoms with Gasteiger partial charge in [0, 0.05) is 17.7 Å². The molecule has 2 aromatic carbocycles. The Morgan fingerprint density at radius 3 is 2.37 bits per heavy atom. The molecule has 3 rings (SSSR count). The first-order chi connectivity index (χ1) is 13.0. The Kier molecular flexibility index (Phi) is 5.21. The van der Waals surface area contributed by atoms with Crippen molar-refractivity contribution in [1.82, 2.24) is 0 Å². The second kappa shape index (κ2) is 7.74. The second-order valence-electron chi connectivity index (χ2n) is 5.74. The number of esters is 1. The maximum absolute atomic E-state index is 12.2. The Bertz CT molecular complexity index is 930. The largest absolute Gasteiger partial charge is 0.465 e. The van der Waals surface area contributed by atoms with Crippen molar-refractivity contribution in [2.75, 3.05) is 19.2 Å². The molecule has 0 aliphatic carbocycles. The fourth-order valence-corrected chi connectivity index (χ4v) is 2.53. The maximum Gasteiger partial charge on any atom is 0.337 e. The van der Waals surface area contributed by atoms with E-state index in [4.69, 9.17) is 9.47 Å². The van der Waals surface area contributed by atoms with Crippen LogP contribution in [-0.4, -0.2) is 31.6 Å². The molecular formula is C20H17NO6. The van der Waals surface area contributed by atoms with Crippen LogP contribution in [0.5, 0.6) is 11.5 Å². The number of anilines is 1. The van der Waals surface area contributed by atoms with Crippen LogP contribution < -0.4 is 14.8 Å². The van der Waals surface area contributed by atoms with E-state index in [1.54, 1.807) is 42.5 Å². The lowest BCUT2D eigenvalue weighted by Crippen LogP contribution is -2.11. The highest BCUT2D eigenvalue weighted by Crippen LogP contribution is 2.37. The molecule has 1 aliphatic rings. The molecule has 0 saturated heterocycles. The molecule has 1 heterocycles. The number of ether oxygens (including phenoxy) is 3. The van der Waals surface area contributed by atoms with Gasteiger partial charge in [0.2, 0.25) is 12.7 Å². The summed E-state index contributed by atoms with van der Waals surface area (Å²) in [5.74, 6) is -0.0978. The Labute approximate surface area is 155 Å². The number of methoxy groups -OCH3 is 1. The smallest absolute Gasteiger partial charge is 0.337 e. The van der Waals surface area contributed by atoms with Gasteiger partial charge in [0.1, 0.15) is 0 Å². The van der Waals surface area contributed by atoms with Crippen LogP contribution in [0.2, 0.25) is 0 Å². The van der Waals surface area contributed by atoms with Crippen LogP contribution in [0.3, 0.4) is 0 Å². The van der Waals surface area contributed by atoms with Crippen molar-refractivity contribution >= 4 is 29.4 Å². The van der Waals surface area contributed by atoms with Gasteiger partial charge in [-0.3, -0.25) is 9.59 Å². The molecule has 7 heteroatoms. The van der Waals surface area contributed by atoms with Gasteiger partial charge in [0.25, 0.3) is 0 Å². The molecule has 0 atom stereocenters. The van der Waals surface area contributed by atoms with E-state index in [0.29, 0.717) is 28.3 Å². The van der Waals surface area contributed by atoms with E-state index in [1.165, 1.54) is 20.1 Å². The van der Waals surface area contributed by atoms with Crippen LogP contribution in [-0.2, 0) is 9.53 Å². The molecule has 2 aromatic rings. The van der Waals surface area contributed by atoms with Crippen molar-refractivity contribution in [3.05, 3.63) is 59.2 Å². The highest BCUT2D eigenvalue weighted by atomic mass is 16.7. The Morgan fingerprint density at radius 1 is 1.07 bits per heavy atom. The van der Waals surface area contributed by atoms with Gasteiger partial charge in [-0.15, -0.1) is 0 Å². The lowest BCUT2D eigenvalue weighted by atomic mass is 10.1. The van der Waals surface area contributed by atoms with E-state index in [9.17, 15) is 14.4 Å². The van der Waals surface area contributed by atoms with Crippen molar-refractivity contribution in [3.8, 4) is 11.5 Å². The summed E-state index contributed by atoms with van der Waals surface area (Å²) in [6.07, 6.45) is 2.93. The average molecular weight is 367 g/mol. The van der Waals surface area contributed by atoms with Gasteiger partial charge in [-0.2, -0.15) is 0 Å². The minimum absolute atomic E-state index is 0.0750. The molecular weight excluding hydrogens is 350 g/mol. The highest BCUT2D eigenvalue weighted by Gasteiger charge is 2.19. The predicted octanol–water partition coefficient (Wildman–Crippen LogP) is 3.06. The minimum atomic E-state index is -0.428.